The number of nitrogens with zero attached hydrogens (tertiary/aromatic N) is 3. The second-order valence-electron chi connectivity index (χ2n) is 7.23. The van der Waals surface area contributed by atoms with Gasteiger partial charge in [-0.05, 0) is 25.5 Å². The van der Waals surface area contributed by atoms with Gasteiger partial charge in [0.15, 0.2) is 5.76 Å². The van der Waals surface area contributed by atoms with Crippen molar-refractivity contribution in [3.8, 4) is 6.07 Å². The van der Waals surface area contributed by atoms with Gasteiger partial charge in [-0.3, -0.25) is 4.68 Å². The van der Waals surface area contributed by atoms with Crippen molar-refractivity contribution in [2.45, 2.75) is 40.0 Å². The van der Waals surface area contributed by atoms with Crippen LogP contribution in [0.25, 0.3) is 11.3 Å². The van der Waals surface area contributed by atoms with Crippen LogP contribution in [-0.4, -0.2) is 24.5 Å². The van der Waals surface area contributed by atoms with Crippen molar-refractivity contribution in [1.29, 1.82) is 5.26 Å². The Labute approximate surface area is 157 Å². The second-order valence-corrected chi connectivity index (χ2v) is 12.3. The van der Waals surface area contributed by atoms with Gasteiger partial charge < -0.3 is 4.74 Å². The maximum absolute atomic E-state index is 9.88. The van der Waals surface area contributed by atoms with Crippen LogP contribution < -0.4 is 5.19 Å². The van der Waals surface area contributed by atoms with E-state index in [1.54, 1.807) is 6.08 Å². The molecule has 0 unspecified atom stereocenters. The highest BCUT2D eigenvalue weighted by Gasteiger charge is 2.20. The molecule has 1 aromatic heterocycles. The minimum Gasteiger partial charge on any atom is -0.486 e. The summed E-state index contributed by atoms with van der Waals surface area (Å²) in [6.07, 6.45) is 1.68. The lowest BCUT2D eigenvalue weighted by atomic mass is 10.0. The zero-order valence-electron chi connectivity index (χ0n) is 16.3. The molecular weight excluding hydrogens is 338 g/mol. The molecule has 0 saturated heterocycles. The lowest BCUT2D eigenvalue weighted by molar-refractivity contribution is 0.317. The first-order valence-electron chi connectivity index (χ1n) is 8.85. The molecule has 0 fully saturated rings. The summed E-state index contributed by atoms with van der Waals surface area (Å²) in [5.41, 5.74) is 3.09. The SMILES string of the molecule is C=CCO/C(=C(/C#N)c1ccc([Si](C)(C)C)cc1)c1cc(C)nn1CC. The van der Waals surface area contributed by atoms with Crippen LogP contribution >= 0.6 is 0 Å². The number of rotatable bonds is 7. The van der Waals surface area contributed by atoms with E-state index < -0.39 is 8.07 Å². The zero-order chi connectivity index (χ0) is 19.3. The van der Waals surface area contributed by atoms with Crippen molar-refractivity contribution in [2.24, 2.45) is 0 Å². The highest BCUT2D eigenvalue weighted by Crippen LogP contribution is 2.28. The van der Waals surface area contributed by atoms with Gasteiger partial charge in [0.1, 0.15) is 23.9 Å². The molecule has 2 aromatic rings. The van der Waals surface area contributed by atoms with Gasteiger partial charge in [0.2, 0.25) is 0 Å². The molecule has 0 aliphatic rings. The summed E-state index contributed by atoms with van der Waals surface area (Å²) >= 11 is 0. The molecule has 4 nitrogen and oxygen atoms in total. The smallest absolute Gasteiger partial charge is 0.163 e. The van der Waals surface area contributed by atoms with E-state index in [0.29, 0.717) is 24.5 Å². The third kappa shape index (κ3) is 4.33. The first kappa shape index (κ1) is 19.7. The monoisotopic (exact) mass is 365 g/mol. The van der Waals surface area contributed by atoms with Gasteiger partial charge in [-0.25, -0.2) is 0 Å². The van der Waals surface area contributed by atoms with Gasteiger partial charge in [0.05, 0.1) is 13.8 Å². The Bertz CT molecular complexity index is 849. The minimum absolute atomic E-state index is 0.335. The van der Waals surface area contributed by atoms with Gasteiger partial charge in [0, 0.05) is 6.54 Å². The number of aromatic nitrogens is 2. The van der Waals surface area contributed by atoms with Crippen molar-refractivity contribution in [3.05, 3.63) is 59.9 Å². The summed E-state index contributed by atoms with van der Waals surface area (Å²) in [6.45, 7) is 15.7. The molecule has 5 heteroatoms. The standard InChI is InChI=1S/C21H27N3OSi/c1-7-13-25-21(20-14-16(3)23-24(20)8-2)19(15-22)17-9-11-18(12-10-17)26(4,5)6/h7,9-12,14H,1,8,13H2,2-6H3/b21-19-. The minimum atomic E-state index is -1.38. The molecule has 0 saturated carbocycles. The van der Waals surface area contributed by atoms with Crippen LogP contribution in [0.3, 0.4) is 0 Å². The average Bonchev–Trinajstić information content (AvgIpc) is 2.98. The molecular formula is C21H27N3OSi. The Kier molecular flexibility index (Phi) is 6.22. The molecule has 1 aromatic carbocycles. The molecule has 0 amide bonds. The Morgan fingerprint density at radius 3 is 2.46 bits per heavy atom. The zero-order valence-corrected chi connectivity index (χ0v) is 17.3. The van der Waals surface area contributed by atoms with E-state index in [2.05, 4.69) is 49.5 Å². The third-order valence-corrected chi connectivity index (χ3v) is 6.22. The van der Waals surface area contributed by atoms with Gasteiger partial charge in [-0.1, -0.05) is 61.7 Å². The van der Waals surface area contributed by atoms with Gasteiger partial charge >= 0.3 is 0 Å². The van der Waals surface area contributed by atoms with Crippen molar-refractivity contribution < 1.29 is 4.74 Å². The van der Waals surface area contributed by atoms with Gasteiger partial charge in [-0.15, -0.1) is 0 Å². The normalized spacial score (nSPS) is 12.3. The van der Waals surface area contributed by atoms with E-state index in [9.17, 15) is 5.26 Å². The predicted molar refractivity (Wildman–Crippen MR) is 111 cm³/mol. The van der Waals surface area contributed by atoms with Crippen LogP contribution in [0.5, 0.6) is 0 Å². The molecule has 26 heavy (non-hydrogen) atoms. The number of aryl methyl sites for hydroxylation is 2. The summed E-state index contributed by atoms with van der Waals surface area (Å²) in [5.74, 6) is 0.551. The lowest BCUT2D eigenvalue weighted by Gasteiger charge is -2.17. The molecule has 136 valence electrons. The van der Waals surface area contributed by atoms with E-state index in [1.807, 2.05) is 36.7 Å². The summed E-state index contributed by atoms with van der Waals surface area (Å²) in [7, 11) is -1.38. The van der Waals surface area contributed by atoms with Crippen LogP contribution in [0, 0.1) is 18.3 Å². The fourth-order valence-corrected chi connectivity index (χ4v) is 3.94. The van der Waals surface area contributed by atoms with Crippen LogP contribution in [0.15, 0.2) is 43.0 Å². The lowest BCUT2D eigenvalue weighted by Crippen LogP contribution is -2.37. The van der Waals surface area contributed by atoms with Crippen molar-refractivity contribution >= 4 is 24.6 Å². The topological polar surface area (TPSA) is 50.8 Å². The van der Waals surface area contributed by atoms with Gasteiger partial charge in [-0.2, -0.15) is 10.4 Å². The summed E-state index contributed by atoms with van der Waals surface area (Å²) < 4.78 is 7.79. The largest absolute Gasteiger partial charge is 0.486 e. The van der Waals surface area contributed by atoms with E-state index in [4.69, 9.17) is 4.74 Å². The quantitative estimate of drug-likeness (QED) is 0.317. The number of ether oxygens (including phenoxy) is 1. The highest BCUT2D eigenvalue weighted by atomic mass is 28.3. The number of nitriles is 1. The Morgan fingerprint density at radius 2 is 1.96 bits per heavy atom. The van der Waals surface area contributed by atoms with E-state index in [-0.39, 0.29) is 0 Å². The molecule has 2 rings (SSSR count). The molecule has 0 aliphatic heterocycles. The van der Waals surface area contributed by atoms with Crippen molar-refractivity contribution in [1.82, 2.24) is 9.78 Å². The Hall–Kier alpha value is -2.58. The third-order valence-electron chi connectivity index (χ3n) is 4.16. The van der Waals surface area contributed by atoms with Crippen molar-refractivity contribution in [2.75, 3.05) is 6.61 Å². The fraction of sp³-hybridized carbons (Fsp3) is 0.333. The van der Waals surface area contributed by atoms with Crippen LogP contribution in [0.1, 0.15) is 23.9 Å². The first-order chi connectivity index (χ1) is 12.3. The van der Waals surface area contributed by atoms with E-state index >= 15 is 0 Å². The predicted octanol–water partition coefficient (Wildman–Crippen LogP) is 4.35. The number of allylic oxidation sites excluding steroid dienone is 1. The molecule has 0 N–H and O–H groups in total. The molecule has 0 spiro atoms. The molecule has 0 atom stereocenters. The maximum atomic E-state index is 9.88. The number of benzene rings is 1. The Morgan fingerprint density at radius 1 is 1.31 bits per heavy atom. The molecule has 0 radical (unpaired) electrons. The van der Waals surface area contributed by atoms with E-state index in [0.717, 1.165) is 17.0 Å². The summed E-state index contributed by atoms with van der Waals surface area (Å²) in [4.78, 5) is 0. The van der Waals surface area contributed by atoms with Gasteiger partial charge in [0.25, 0.3) is 0 Å². The first-order valence-corrected chi connectivity index (χ1v) is 12.4. The number of hydrogen-bond donors (Lipinski definition) is 0. The highest BCUT2D eigenvalue weighted by molar-refractivity contribution is 6.88. The molecule has 0 aliphatic carbocycles. The molecule has 1 heterocycles. The summed E-state index contributed by atoms with van der Waals surface area (Å²) in [6, 6.07) is 12.6. The van der Waals surface area contributed by atoms with Crippen molar-refractivity contribution in [3.63, 3.8) is 0 Å². The van der Waals surface area contributed by atoms with Crippen LogP contribution in [0.2, 0.25) is 19.6 Å². The maximum Gasteiger partial charge on any atom is 0.163 e. The molecule has 0 bridgehead atoms. The second kappa shape index (κ2) is 8.20. The Balaban J connectivity index is 2.61. The average molecular weight is 366 g/mol. The fourth-order valence-electron chi connectivity index (χ4n) is 2.77. The van der Waals surface area contributed by atoms with Crippen LogP contribution in [-0.2, 0) is 11.3 Å². The van der Waals surface area contributed by atoms with E-state index in [1.165, 1.54) is 5.19 Å². The summed E-state index contributed by atoms with van der Waals surface area (Å²) in [5, 5.41) is 15.7. The number of hydrogen-bond acceptors (Lipinski definition) is 3. The van der Waals surface area contributed by atoms with Crippen LogP contribution in [0.4, 0.5) is 0 Å².